The highest BCUT2D eigenvalue weighted by Crippen LogP contribution is 2.26. The van der Waals surface area contributed by atoms with E-state index in [9.17, 15) is 0 Å². The van der Waals surface area contributed by atoms with Crippen LogP contribution < -0.4 is 5.32 Å². The van der Waals surface area contributed by atoms with Gasteiger partial charge in [0.25, 0.3) is 0 Å². The van der Waals surface area contributed by atoms with Crippen molar-refractivity contribution in [3.8, 4) is 0 Å². The van der Waals surface area contributed by atoms with Gasteiger partial charge in [-0.15, -0.1) is 0 Å². The second-order valence-electron chi connectivity index (χ2n) is 4.60. The highest BCUT2D eigenvalue weighted by molar-refractivity contribution is 7.99. The smallest absolute Gasteiger partial charge is 0.0503 e. The molecule has 0 radical (unpaired) electrons. The summed E-state index contributed by atoms with van der Waals surface area (Å²) in [4.78, 5) is 2.66. The summed E-state index contributed by atoms with van der Waals surface area (Å²) in [5.41, 5.74) is 0. The van der Waals surface area contributed by atoms with E-state index >= 15 is 0 Å². The Kier molecular flexibility index (Phi) is 4.31. The number of rotatable bonds is 4. The molecule has 0 bridgehead atoms. The third-order valence-corrected chi connectivity index (χ3v) is 4.71. The molecular weight excluding hydrogens is 208 g/mol. The molecule has 0 aromatic carbocycles. The van der Waals surface area contributed by atoms with E-state index in [0.717, 1.165) is 23.8 Å². The molecule has 3 unspecified atom stereocenters. The predicted molar refractivity (Wildman–Crippen MR) is 65.5 cm³/mol. The first-order valence-electron chi connectivity index (χ1n) is 5.81. The number of thioether (sulfide) groups is 1. The van der Waals surface area contributed by atoms with Crippen LogP contribution in [0.3, 0.4) is 0 Å². The van der Waals surface area contributed by atoms with Crippen LogP contribution in [0.15, 0.2) is 0 Å². The third kappa shape index (κ3) is 2.67. The molecular formula is C11H22N2OS. The lowest BCUT2D eigenvalue weighted by atomic mass is 10.1. The molecule has 0 aromatic heterocycles. The number of methoxy groups -OCH3 is 1. The molecule has 2 rings (SSSR count). The van der Waals surface area contributed by atoms with Gasteiger partial charge >= 0.3 is 0 Å². The van der Waals surface area contributed by atoms with Crippen LogP contribution in [-0.4, -0.2) is 62.3 Å². The summed E-state index contributed by atoms with van der Waals surface area (Å²) < 4.78 is 5.24. The predicted octanol–water partition coefficient (Wildman–Crippen LogP) is 0.658. The first-order chi connectivity index (χ1) is 7.35. The molecule has 4 heteroatoms. The first kappa shape index (κ1) is 11.7. The van der Waals surface area contributed by atoms with Crippen LogP contribution in [0.1, 0.15) is 6.42 Å². The molecule has 2 fully saturated rings. The van der Waals surface area contributed by atoms with Gasteiger partial charge in [-0.3, -0.25) is 4.90 Å². The zero-order valence-corrected chi connectivity index (χ0v) is 10.6. The van der Waals surface area contributed by atoms with Crippen molar-refractivity contribution in [2.75, 3.05) is 46.2 Å². The summed E-state index contributed by atoms with van der Waals surface area (Å²) in [7, 11) is 1.81. The van der Waals surface area contributed by atoms with Crippen molar-refractivity contribution in [2.24, 2.45) is 5.92 Å². The van der Waals surface area contributed by atoms with Gasteiger partial charge < -0.3 is 10.1 Å². The van der Waals surface area contributed by atoms with Crippen LogP contribution in [0.25, 0.3) is 0 Å². The Morgan fingerprint density at radius 1 is 1.47 bits per heavy atom. The Morgan fingerprint density at radius 3 is 3.07 bits per heavy atom. The standard InChI is InChI=1S/C11H22N2OS/c1-14-8-9-3-4-13(7-9)10-5-12-6-11(10)15-2/h9-12H,3-8H2,1-2H3. The van der Waals surface area contributed by atoms with E-state index < -0.39 is 0 Å². The molecule has 0 amide bonds. The third-order valence-electron chi connectivity index (χ3n) is 3.62. The Hall–Kier alpha value is 0.230. The van der Waals surface area contributed by atoms with Crippen LogP contribution in [0.5, 0.6) is 0 Å². The molecule has 2 aliphatic heterocycles. The van der Waals surface area contributed by atoms with Crippen LogP contribution in [0.4, 0.5) is 0 Å². The molecule has 0 saturated carbocycles. The number of nitrogens with one attached hydrogen (secondary N) is 1. The molecule has 0 aromatic rings. The van der Waals surface area contributed by atoms with E-state index in [0.29, 0.717) is 0 Å². The van der Waals surface area contributed by atoms with E-state index in [1.807, 2.05) is 18.9 Å². The largest absolute Gasteiger partial charge is 0.384 e. The fourth-order valence-corrected chi connectivity index (χ4v) is 3.65. The highest BCUT2D eigenvalue weighted by Gasteiger charge is 2.35. The Bertz CT molecular complexity index is 203. The van der Waals surface area contributed by atoms with Crippen LogP contribution in [-0.2, 0) is 4.74 Å². The number of hydrogen-bond acceptors (Lipinski definition) is 4. The molecule has 0 spiro atoms. The van der Waals surface area contributed by atoms with Crippen molar-refractivity contribution in [3.63, 3.8) is 0 Å². The van der Waals surface area contributed by atoms with Gasteiger partial charge in [0.05, 0.1) is 6.61 Å². The summed E-state index contributed by atoms with van der Waals surface area (Å²) in [6.45, 7) is 5.78. The van der Waals surface area contributed by atoms with Crippen molar-refractivity contribution in [1.82, 2.24) is 10.2 Å². The van der Waals surface area contributed by atoms with E-state index in [2.05, 4.69) is 16.5 Å². The number of likely N-dealkylation sites (tertiary alicyclic amines) is 1. The molecule has 88 valence electrons. The van der Waals surface area contributed by atoms with Gasteiger partial charge in [-0.1, -0.05) is 0 Å². The van der Waals surface area contributed by atoms with Gasteiger partial charge in [-0.05, 0) is 25.1 Å². The van der Waals surface area contributed by atoms with Crippen molar-refractivity contribution in [1.29, 1.82) is 0 Å². The SMILES string of the molecule is COCC1CCN(C2CNCC2SC)C1. The van der Waals surface area contributed by atoms with Crippen molar-refractivity contribution < 1.29 is 4.74 Å². The van der Waals surface area contributed by atoms with E-state index in [4.69, 9.17) is 4.74 Å². The molecule has 15 heavy (non-hydrogen) atoms. The average molecular weight is 230 g/mol. The summed E-state index contributed by atoms with van der Waals surface area (Å²) in [5.74, 6) is 0.762. The zero-order chi connectivity index (χ0) is 10.7. The van der Waals surface area contributed by atoms with Gasteiger partial charge in [-0.2, -0.15) is 11.8 Å². The minimum atomic E-state index is 0.752. The molecule has 0 aliphatic carbocycles. The summed E-state index contributed by atoms with van der Waals surface area (Å²) in [6, 6.07) is 0.752. The molecule has 2 saturated heterocycles. The average Bonchev–Trinajstić information content (AvgIpc) is 2.84. The fourth-order valence-electron chi connectivity index (χ4n) is 2.78. The van der Waals surface area contributed by atoms with Crippen LogP contribution >= 0.6 is 11.8 Å². The van der Waals surface area contributed by atoms with Crippen molar-refractivity contribution >= 4 is 11.8 Å². The van der Waals surface area contributed by atoms with E-state index in [1.54, 1.807) is 0 Å². The summed E-state index contributed by atoms with van der Waals surface area (Å²) >= 11 is 2.01. The minimum absolute atomic E-state index is 0.752. The molecule has 3 nitrogen and oxygen atoms in total. The monoisotopic (exact) mass is 230 g/mol. The number of ether oxygens (including phenoxy) is 1. The normalized spacial score (nSPS) is 37.6. The lowest BCUT2D eigenvalue weighted by Gasteiger charge is -2.27. The van der Waals surface area contributed by atoms with Gasteiger partial charge in [0.2, 0.25) is 0 Å². The highest BCUT2D eigenvalue weighted by atomic mass is 32.2. The molecule has 2 aliphatic rings. The summed E-state index contributed by atoms with van der Waals surface area (Å²) in [5, 5.41) is 4.29. The maximum Gasteiger partial charge on any atom is 0.0503 e. The Morgan fingerprint density at radius 2 is 2.33 bits per heavy atom. The Labute approximate surface area is 96.9 Å². The van der Waals surface area contributed by atoms with Gasteiger partial charge in [-0.25, -0.2) is 0 Å². The topological polar surface area (TPSA) is 24.5 Å². The quantitative estimate of drug-likeness (QED) is 0.767. The minimum Gasteiger partial charge on any atom is -0.384 e. The van der Waals surface area contributed by atoms with Crippen LogP contribution in [0, 0.1) is 5.92 Å². The van der Waals surface area contributed by atoms with Crippen molar-refractivity contribution in [2.45, 2.75) is 17.7 Å². The van der Waals surface area contributed by atoms with Crippen molar-refractivity contribution in [3.05, 3.63) is 0 Å². The summed E-state index contributed by atoms with van der Waals surface area (Å²) in [6.07, 6.45) is 3.54. The van der Waals surface area contributed by atoms with E-state index in [-0.39, 0.29) is 0 Å². The fraction of sp³-hybridized carbons (Fsp3) is 1.00. The second-order valence-corrected chi connectivity index (χ2v) is 5.68. The zero-order valence-electron chi connectivity index (χ0n) is 9.74. The molecule has 3 atom stereocenters. The number of hydrogen-bond donors (Lipinski definition) is 1. The van der Waals surface area contributed by atoms with Gasteiger partial charge in [0.15, 0.2) is 0 Å². The first-order valence-corrected chi connectivity index (χ1v) is 7.10. The molecule has 2 heterocycles. The lowest BCUT2D eigenvalue weighted by Crippen LogP contribution is -2.40. The maximum absolute atomic E-state index is 5.24. The molecule has 1 N–H and O–H groups in total. The lowest BCUT2D eigenvalue weighted by molar-refractivity contribution is 0.148. The van der Waals surface area contributed by atoms with Gasteiger partial charge in [0, 0.05) is 38.0 Å². The van der Waals surface area contributed by atoms with E-state index in [1.165, 1.54) is 32.6 Å². The van der Waals surface area contributed by atoms with Crippen LogP contribution in [0.2, 0.25) is 0 Å². The number of nitrogens with zero attached hydrogens (tertiary/aromatic N) is 1. The Balaban J connectivity index is 1.84. The second kappa shape index (κ2) is 5.53. The maximum atomic E-state index is 5.24. The van der Waals surface area contributed by atoms with Gasteiger partial charge in [0.1, 0.15) is 0 Å².